The molecule has 0 aliphatic carbocycles. The van der Waals surface area contributed by atoms with Gasteiger partial charge in [0.2, 0.25) is 0 Å². The zero-order chi connectivity index (χ0) is 30.2. The Morgan fingerprint density at radius 2 is 1.22 bits per heavy atom. The van der Waals surface area contributed by atoms with Gasteiger partial charge in [0.05, 0.1) is 28.3 Å². The number of para-hydroxylation sites is 1. The number of fused-ring (bicyclic) bond motifs is 9. The Hall–Kier alpha value is -6.20. The van der Waals surface area contributed by atoms with Crippen LogP contribution in [0.15, 0.2) is 146 Å². The van der Waals surface area contributed by atoms with Gasteiger partial charge in [-0.15, -0.1) is 0 Å². The third-order valence-corrected chi connectivity index (χ3v) is 9.28. The average Bonchev–Trinajstić information content (AvgIpc) is 3.67. The summed E-state index contributed by atoms with van der Waals surface area (Å²) in [5.74, 6) is 0.840. The van der Waals surface area contributed by atoms with Crippen LogP contribution in [0, 0.1) is 0 Å². The van der Waals surface area contributed by atoms with E-state index in [2.05, 4.69) is 137 Å². The summed E-state index contributed by atoms with van der Waals surface area (Å²) >= 11 is 0. The van der Waals surface area contributed by atoms with Crippen LogP contribution in [0.4, 0.5) is 17.1 Å². The van der Waals surface area contributed by atoms with Crippen molar-refractivity contribution in [2.24, 2.45) is 0 Å². The van der Waals surface area contributed by atoms with E-state index in [1.807, 2.05) is 18.3 Å². The van der Waals surface area contributed by atoms with E-state index in [1.165, 1.54) is 38.2 Å². The molecule has 0 bridgehead atoms. The summed E-state index contributed by atoms with van der Waals surface area (Å²) in [7, 11) is 0. The molecule has 0 radical (unpaired) electrons. The van der Waals surface area contributed by atoms with Crippen LogP contribution >= 0.6 is 0 Å². The molecule has 2 aliphatic heterocycles. The molecule has 0 fully saturated rings. The number of aromatic nitrogens is 2. The van der Waals surface area contributed by atoms with Crippen molar-refractivity contribution in [3.63, 3.8) is 0 Å². The first-order valence-electron chi connectivity index (χ1n) is 15.5. The zero-order valence-corrected chi connectivity index (χ0v) is 24.7. The van der Waals surface area contributed by atoms with Gasteiger partial charge in [-0.25, -0.2) is 4.98 Å². The highest BCUT2D eigenvalue weighted by Crippen LogP contribution is 2.55. The van der Waals surface area contributed by atoms with Gasteiger partial charge in [0.1, 0.15) is 5.75 Å². The third kappa shape index (κ3) is 3.57. The fourth-order valence-corrected chi connectivity index (χ4v) is 7.36. The molecule has 2 aromatic heterocycles. The van der Waals surface area contributed by atoms with E-state index in [0.29, 0.717) is 0 Å². The molecule has 1 N–H and O–H groups in total. The molecule has 4 heterocycles. The van der Waals surface area contributed by atoms with E-state index < -0.39 is 0 Å². The lowest BCUT2D eigenvalue weighted by atomic mass is 9.86. The summed E-state index contributed by atoms with van der Waals surface area (Å²) in [6.45, 7) is 0. The van der Waals surface area contributed by atoms with Crippen molar-refractivity contribution in [3.8, 4) is 39.3 Å². The van der Waals surface area contributed by atoms with Gasteiger partial charge < -0.3 is 10.1 Å². The minimum absolute atomic E-state index is 0.378. The largest absolute Gasteiger partial charge is 0.450 e. The molecule has 6 aromatic carbocycles. The maximum Gasteiger partial charge on any atom is 0.255 e. The summed E-state index contributed by atoms with van der Waals surface area (Å²) in [5.41, 5.74) is 10.6. The Labute approximate surface area is 265 Å². The number of nitrogens with zero attached hydrogens (tertiary/aromatic N) is 3. The molecule has 0 saturated carbocycles. The normalized spacial score (nSPS) is 14.6. The number of hydrogen-bond donors (Lipinski definition) is 1. The number of anilines is 3. The van der Waals surface area contributed by atoms with E-state index in [9.17, 15) is 0 Å². The predicted molar refractivity (Wildman–Crippen MR) is 187 cm³/mol. The number of benzene rings is 6. The van der Waals surface area contributed by atoms with Crippen molar-refractivity contribution in [1.29, 1.82) is 0 Å². The van der Waals surface area contributed by atoms with E-state index in [1.54, 1.807) is 6.20 Å². The fourth-order valence-electron chi connectivity index (χ4n) is 7.36. The van der Waals surface area contributed by atoms with Gasteiger partial charge in [0.25, 0.3) is 6.35 Å². The van der Waals surface area contributed by atoms with Crippen molar-refractivity contribution in [2.75, 3.05) is 10.2 Å². The quantitative estimate of drug-likeness (QED) is 0.208. The zero-order valence-electron chi connectivity index (χ0n) is 24.7. The number of ether oxygens (including phenoxy) is 1. The van der Waals surface area contributed by atoms with Crippen LogP contribution in [0.3, 0.4) is 0 Å². The number of nitrogens with one attached hydrogen (secondary N) is 1. The molecule has 5 heteroatoms. The average molecular weight is 591 g/mol. The second-order valence-corrected chi connectivity index (χ2v) is 11.8. The maximum absolute atomic E-state index is 6.57. The van der Waals surface area contributed by atoms with Crippen LogP contribution in [0.5, 0.6) is 5.75 Å². The third-order valence-electron chi connectivity index (χ3n) is 9.28. The van der Waals surface area contributed by atoms with Crippen molar-refractivity contribution in [2.45, 2.75) is 6.35 Å². The smallest absolute Gasteiger partial charge is 0.255 e. The van der Waals surface area contributed by atoms with Crippen LogP contribution in [0.2, 0.25) is 0 Å². The van der Waals surface area contributed by atoms with E-state index in [-0.39, 0.29) is 6.35 Å². The highest BCUT2D eigenvalue weighted by Gasteiger charge is 2.42. The lowest BCUT2D eigenvalue weighted by molar-refractivity contribution is 0.271. The lowest BCUT2D eigenvalue weighted by Gasteiger charge is -2.20. The molecule has 1 atom stereocenters. The number of hydrogen-bond acceptors (Lipinski definition) is 5. The molecule has 2 aliphatic rings. The summed E-state index contributed by atoms with van der Waals surface area (Å²) in [6, 6.07) is 47.1. The Morgan fingerprint density at radius 1 is 0.587 bits per heavy atom. The van der Waals surface area contributed by atoms with Gasteiger partial charge in [-0.1, -0.05) is 103 Å². The highest BCUT2D eigenvalue weighted by atomic mass is 16.5. The van der Waals surface area contributed by atoms with Crippen LogP contribution in [-0.2, 0) is 0 Å². The van der Waals surface area contributed by atoms with Crippen molar-refractivity contribution in [1.82, 2.24) is 9.97 Å². The van der Waals surface area contributed by atoms with Crippen molar-refractivity contribution in [3.05, 3.63) is 146 Å². The molecule has 8 aromatic rings. The second kappa shape index (κ2) is 9.65. The first-order valence-corrected chi connectivity index (χ1v) is 15.5. The molecule has 0 spiro atoms. The van der Waals surface area contributed by atoms with E-state index >= 15 is 0 Å². The van der Waals surface area contributed by atoms with Crippen LogP contribution < -0.4 is 15.0 Å². The fraction of sp³-hybridized carbons (Fsp3) is 0.0244. The molecule has 46 heavy (non-hydrogen) atoms. The molecule has 1 unspecified atom stereocenters. The predicted octanol–water partition coefficient (Wildman–Crippen LogP) is 10.2. The van der Waals surface area contributed by atoms with Gasteiger partial charge in [-0.05, 0) is 74.1 Å². The molecule has 0 amide bonds. The molecule has 0 saturated heterocycles. The monoisotopic (exact) mass is 590 g/mol. The summed E-state index contributed by atoms with van der Waals surface area (Å²) in [6.07, 6.45) is 3.30. The SMILES string of the molecule is c1ccc(-c2c3ccccc3c(-c3ccc4c(c3)N3c5c(-c6cccnc6)nc6ccccc6c5NC3O4)c3ccccc23)cc1. The number of rotatable bonds is 3. The maximum atomic E-state index is 6.57. The Bertz CT molecular complexity index is 2440. The minimum atomic E-state index is -0.378. The molecule has 216 valence electrons. The summed E-state index contributed by atoms with van der Waals surface area (Å²) in [4.78, 5) is 11.9. The second-order valence-electron chi connectivity index (χ2n) is 11.8. The van der Waals surface area contributed by atoms with Gasteiger partial charge in [0, 0.05) is 23.3 Å². The van der Waals surface area contributed by atoms with Gasteiger partial charge in [-0.2, -0.15) is 0 Å². The molecule has 10 rings (SSSR count). The van der Waals surface area contributed by atoms with E-state index in [4.69, 9.17) is 9.72 Å². The minimum Gasteiger partial charge on any atom is -0.450 e. The topological polar surface area (TPSA) is 50.3 Å². The van der Waals surface area contributed by atoms with Gasteiger partial charge >= 0.3 is 0 Å². The molecular formula is C41H26N4O. The van der Waals surface area contributed by atoms with Gasteiger partial charge in [-0.3, -0.25) is 9.88 Å². The van der Waals surface area contributed by atoms with Crippen LogP contribution in [0.1, 0.15) is 0 Å². The lowest BCUT2D eigenvalue weighted by Crippen LogP contribution is -2.31. The Balaban J connectivity index is 1.23. The Morgan fingerprint density at radius 3 is 1.91 bits per heavy atom. The first kappa shape index (κ1) is 25.2. The summed E-state index contributed by atoms with van der Waals surface area (Å²) in [5, 5.41) is 9.66. The Kier molecular flexibility index (Phi) is 5.28. The standard InChI is InChI=1S/C41H26N4O/c1-2-11-25(12-3-1)36-28-14-4-6-16-30(28)37(31-17-7-5-15-29(31)36)26-20-21-35-34(23-26)45-40-38(27-13-10-22-42-24-27)43-33-19-9-8-18-32(33)39(40)44-41(45)46-35/h1-24,41,44H. The molecular weight excluding hydrogens is 564 g/mol. The summed E-state index contributed by atoms with van der Waals surface area (Å²) < 4.78 is 6.57. The van der Waals surface area contributed by atoms with Crippen LogP contribution in [-0.4, -0.2) is 16.3 Å². The van der Waals surface area contributed by atoms with E-state index in [0.717, 1.165) is 50.5 Å². The van der Waals surface area contributed by atoms with Crippen molar-refractivity contribution >= 4 is 49.5 Å². The molecule has 5 nitrogen and oxygen atoms in total. The van der Waals surface area contributed by atoms with Crippen LogP contribution in [0.25, 0.3) is 66.0 Å². The van der Waals surface area contributed by atoms with Crippen molar-refractivity contribution < 1.29 is 4.74 Å². The first-order chi connectivity index (χ1) is 22.8. The van der Waals surface area contributed by atoms with Gasteiger partial charge in [0.15, 0.2) is 0 Å². The number of pyridine rings is 2. The highest BCUT2D eigenvalue weighted by molar-refractivity contribution is 6.21.